The van der Waals surface area contributed by atoms with Gasteiger partial charge in [0.1, 0.15) is 5.54 Å². The molecule has 0 saturated carbocycles. The number of halogens is 1. The number of piperazine rings is 1. The molecule has 1 N–H and O–H groups in total. The summed E-state index contributed by atoms with van der Waals surface area (Å²) in [4.78, 5) is 28.2. The Kier molecular flexibility index (Phi) is 7.51. The van der Waals surface area contributed by atoms with Gasteiger partial charge in [0.2, 0.25) is 21.8 Å². The number of sulfonamides is 1. The second kappa shape index (κ2) is 9.83. The Morgan fingerprint density at radius 3 is 2.30 bits per heavy atom. The van der Waals surface area contributed by atoms with Gasteiger partial charge in [-0.3, -0.25) is 14.5 Å². The Morgan fingerprint density at radius 2 is 1.73 bits per heavy atom. The Labute approximate surface area is 200 Å². The quantitative estimate of drug-likeness (QED) is 0.641. The highest BCUT2D eigenvalue weighted by Gasteiger charge is 2.51. The molecule has 1 fully saturated rings. The van der Waals surface area contributed by atoms with Gasteiger partial charge < -0.3 is 5.32 Å². The summed E-state index contributed by atoms with van der Waals surface area (Å²) in [7, 11) is -3.98. The number of carbonyl (C=O) groups is 2. The number of nitrogens with zero attached hydrogens (tertiary/aromatic N) is 2. The van der Waals surface area contributed by atoms with Crippen LogP contribution in [0.15, 0.2) is 53.4 Å². The summed E-state index contributed by atoms with van der Waals surface area (Å²) in [6.07, 6.45) is 0.766. The van der Waals surface area contributed by atoms with Crippen molar-refractivity contribution < 1.29 is 18.0 Å². The zero-order valence-corrected chi connectivity index (χ0v) is 20.9. The molecule has 0 aliphatic carbocycles. The third-order valence-electron chi connectivity index (χ3n) is 5.78. The molecule has 2 aromatic rings. The summed E-state index contributed by atoms with van der Waals surface area (Å²) in [6, 6.07) is 13.0. The summed E-state index contributed by atoms with van der Waals surface area (Å²) in [5.41, 5.74) is -0.0389. The van der Waals surface area contributed by atoms with Crippen molar-refractivity contribution in [3.05, 3.63) is 59.1 Å². The smallest absolute Gasteiger partial charge is 0.247 e. The molecule has 0 spiro atoms. The van der Waals surface area contributed by atoms with Crippen molar-refractivity contribution in [1.82, 2.24) is 9.62 Å². The number of nitrogens with one attached hydrogen (secondary N) is 1. The molecule has 178 valence electrons. The van der Waals surface area contributed by atoms with Crippen molar-refractivity contribution in [2.24, 2.45) is 5.92 Å². The summed E-state index contributed by atoms with van der Waals surface area (Å²) >= 11 is 6.01. The molecular weight excluding hydrogens is 462 g/mol. The molecular formula is C24H30ClN3O4S. The number of anilines is 1. The third-order valence-corrected chi connectivity index (χ3v) is 7.84. The first-order chi connectivity index (χ1) is 15.4. The SMILES string of the molecule is Cc1ccc(S(=O)(=O)N2CC(=O)N(c3ccc(Cl)cc3)[C@@](C)(C(=O)NCCC(C)C)C2)cc1. The molecule has 2 aromatic carbocycles. The molecule has 0 unspecified atom stereocenters. The number of aryl methyl sites for hydroxylation is 1. The van der Waals surface area contributed by atoms with Crippen LogP contribution in [0.3, 0.4) is 0 Å². The van der Waals surface area contributed by atoms with Crippen molar-refractivity contribution in [2.75, 3.05) is 24.5 Å². The van der Waals surface area contributed by atoms with Gasteiger partial charge in [-0.1, -0.05) is 43.1 Å². The van der Waals surface area contributed by atoms with Crippen LogP contribution in [0.25, 0.3) is 0 Å². The maximum absolute atomic E-state index is 13.4. The van der Waals surface area contributed by atoms with E-state index in [0.29, 0.717) is 23.2 Å². The highest BCUT2D eigenvalue weighted by atomic mass is 35.5. The minimum absolute atomic E-state index is 0.0865. The van der Waals surface area contributed by atoms with Gasteiger partial charge in [0.05, 0.1) is 11.4 Å². The van der Waals surface area contributed by atoms with Crippen LogP contribution in [0.4, 0.5) is 5.69 Å². The third kappa shape index (κ3) is 5.39. The summed E-state index contributed by atoms with van der Waals surface area (Å²) < 4.78 is 27.8. The fraction of sp³-hybridized carbons (Fsp3) is 0.417. The lowest BCUT2D eigenvalue weighted by molar-refractivity contribution is -0.132. The Balaban J connectivity index is 1.99. The molecule has 3 rings (SSSR count). The average molecular weight is 492 g/mol. The van der Waals surface area contributed by atoms with Crippen LogP contribution in [-0.4, -0.2) is 49.7 Å². The van der Waals surface area contributed by atoms with Crippen LogP contribution < -0.4 is 10.2 Å². The largest absolute Gasteiger partial charge is 0.354 e. The van der Waals surface area contributed by atoms with Gasteiger partial charge in [-0.25, -0.2) is 8.42 Å². The normalized spacial score (nSPS) is 19.7. The van der Waals surface area contributed by atoms with E-state index in [1.807, 2.05) is 20.8 Å². The molecule has 1 saturated heterocycles. The average Bonchev–Trinajstić information content (AvgIpc) is 2.74. The molecule has 0 bridgehead atoms. The molecule has 33 heavy (non-hydrogen) atoms. The molecule has 0 radical (unpaired) electrons. The van der Waals surface area contributed by atoms with Crippen LogP contribution in [0.2, 0.25) is 5.02 Å². The molecule has 1 atom stereocenters. The maximum atomic E-state index is 13.4. The van der Waals surface area contributed by atoms with E-state index in [-0.39, 0.29) is 18.0 Å². The second-order valence-electron chi connectivity index (χ2n) is 9.00. The predicted octanol–water partition coefficient (Wildman–Crippen LogP) is 3.61. The van der Waals surface area contributed by atoms with Crippen molar-refractivity contribution >= 4 is 39.1 Å². The van der Waals surface area contributed by atoms with Crippen LogP contribution in [-0.2, 0) is 19.6 Å². The lowest BCUT2D eigenvalue weighted by atomic mass is 9.94. The van der Waals surface area contributed by atoms with E-state index in [1.54, 1.807) is 43.3 Å². The van der Waals surface area contributed by atoms with Crippen LogP contribution in [0, 0.1) is 12.8 Å². The van der Waals surface area contributed by atoms with Crippen LogP contribution in [0.5, 0.6) is 0 Å². The summed E-state index contributed by atoms with van der Waals surface area (Å²) in [5, 5.41) is 3.39. The lowest BCUT2D eigenvalue weighted by Crippen LogP contribution is -2.70. The monoisotopic (exact) mass is 491 g/mol. The fourth-order valence-corrected chi connectivity index (χ4v) is 5.46. The zero-order chi connectivity index (χ0) is 24.4. The molecule has 7 nitrogen and oxygen atoms in total. The molecule has 0 aromatic heterocycles. The van der Waals surface area contributed by atoms with E-state index in [2.05, 4.69) is 5.32 Å². The highest BCUT2D eigenvalue weighted by molar-refractivity contribution is 7.89. The summed E-state index contributed by atoms with van der Waals surface area (Å²) in [5.74, 6) is -0.507. The Morgan fingerprint density at radius 1 is 1.12 bits per heavy atom. The minimum Gasteiger partial charge on any atom is -0.354 e. The van der Waals surface area contributed by atoms with Crippen molar-refractivity contribution in [3.63, 3.8) is 0 Å². The Bertz CT molecular complexity index is 1120. The number of amides is 2. The molecule has 1 aliphatic rings. The minimum atomic E-state index is -3.98. The number of rotatable bonds is 7. The van der Waals surface area contributed by atoms with Gasteiger partial charge in [0.15, 0.2) is 0 Å². The molecule has 1 heterocycles. The van der Waals surface area contributed by atoms with Crippen molar-refractivity contribution in [1.29, 1.82) is 0 Å². The first-order valence-electron chi connectivity index (χ1n) is 10.9. The highest BCUT2D eigenvalue weighted by Crippen LogP contribution is 2.33. The first kappa shape index (κ1) is 25.2. The zero-order valence-electron chi connectivity index (χ0n) is 19.3. The van der Waals surface area contributed by atoms with E-state index in [4.69, 9.17) is 11.6 Å². The number of benzene rings is 2. The van der Waals surface area contributed by atoms with Gasteiger partial charge in [0.25, 0.3) is 0 Å². The lowest BCUT2D eigenvalue weighted by Gasteiger charge is -2.46. The number of hydrogen-bond acceptors (Lipinski definition) is 4. The van der Waals surface area contributed by atoms with E-state index in [0.717, 1.165) is 16.3 Å². The number of carbonyl (C=O) groups excluding carboxylic acids is 2. The maximum Gasteiger partial charge on any atom is 0.247 e. The van der Waals surface area contributed by atoms with Gasteiger partial charge >= 0.3 is 0 Å². The first-order valence-corrected chi connectivity index (χ1v) is 12.7. The van der Waals surface area contributed by atoms with Gasteiger partial charge in [0, 0.05) is 23.8 Å². The van der Waals surface area contributed by atoms with Gasteiger partial charge in [-0.15, -0.1) is 0 Å². The second-order valence-corrected chi connectivity index (χ2v) is 11.4. The van der Waals surface area contributed by atoms with Crippen LogP contribution >= 0.6 is 11.6 Å². The molecule has 9 heteroatoms. The number of hydrogen-bond donors (Lipinski definition) is 1. The van der Waals surface area contributed by atoms with E-state index in [1.165, 1.54) is 17.0 Å². The molecule has 2 amide bonds. The summed E-state index contributed by atoms with van der Waals surface area (Å²) in [6.45, 7) is 7.45. The van der Waals surface area contributed by atoms with E-state index < -0.39 is 27.4 Å². The Hall–Kier alpha value is -2.42. The predicted molar refractivity (Wildman–Crippen MR) is 130 cm³/mol. The van der Waals surface area contributed by atoms with Crippen molar-refractivity contribution in [2.45, 2.75) is 44.6 Å². The van der Waals surface area contributed by atoms with E-state index >= 15 is 0 Å². The molecule has 1 aliphatic heterocycles. The fourth-order valence-electron chi connectivity index (χ4n) is 3.85. The van der Waals surface area contributed by atoms with Crippen LogP contribution in [0.1, 0.15) is 32.8 Å². The topological polar surface area (TPSA) is 86.8 Å². The standard InChI is InChI=1S/C24H30ClN3O4S/c1-17(2)13-14-26-23(30)24(4)16-27(33(31,32)21-11-5-18(3)6-12-21)15-22(29)28(24)20-9-7-19(25)8-10-20/h5-12,17H,13-16H2,1-4H3,(H,26,30)/t24-/m1/s1. The van der Waals surface area contributed by atoms with Gasteiger partial charge in [-0.05, 0) is 62.6 Å². The van der Waals surface area contributed by atoms with Gasteiger partial charge in [-0.2, -0.15) is 4.31 Å². The van der Waals surface area contributed by atoms with E-state index in [9.17, 15) is 18.0 Å². The van der Waals surface area contributed by atoms with Crippen molar-refractivity contribution in [3.8, 4) is 0 Å².